The summed E-state index contributed by atoms with van der Waals surface area (Å²) in [6, 6.07) is 1.92. The topological polar surface area (TPSA) is 55.6 Å². The van der Waals surface area contributed by atoms with Gasteiger partial charge in [0.25, 0.3) is 0 Å². The van der Waals surface area contributed by atoms with Gasteiger partial charge in [-0.2, -0.15) is 4.68 Å². The molecule has 0 aromatic carbocycles. The number of rotatable bonds is 3. The lowest BCUT2D eigenvalue weighted by Crippen LogP contribution is -2.08. The number of hydrogen-bond donors (Lipinski definition) is 1. The highest BCUT2D eigenvalue weighted by Crippen LogP contribution is 2.17. The van der Waals surface area contributed by atoms with Crippen molar-refractivity contribution in [2.45, 2.75) is 20.4 Å². The number of nitrogens with zero attached hydrogens (tertiary/aromatic N) is 4. The van der Waals surface area contributed by atoms with Crippen LogP contribution in [0.25, 0.3) is 5.82 Å². The van der Waals surface area contributed by atoms with Gasteiger partial charge in [0, 0.05) is 12.7 Å². The monoisotopic (exact) mass is 251 g/mol. The van der Waals surface area contributed by atoms with Gasteiger partial charge in [-0.05, 0) is 32.5 Å². The minimum absolute atomic E-state index is 0.651. The van der Waals surface area contributed by atoms with Crippen molar-refractivity contribution in [2.24, 2.45) is 0 Å². The van der Waals surface area contributed by atoms with E-state index >= 15 is 0 Å². The van der Waals surface area contributed by atoms with E-state index in [1.807, 2.05) is 27.0 Å². The Morgan fingerprint density at radius 2 is 2.18 bits per heavy atom. The number of hydrogen-bond acceptors (Lipinski definition) is 4. The van der Waals surface area contributed by atoms with Crippen molar-refractivity contribution in [1.82, 2.24) is 25.1 Å². The Bertz CT molecular complexity index is 535. The van der Waals surface area contributed by atoms with Crippen LogP contribution in [0.5, 0.6) is 0 Å². The summed E-state index contributed by atoms with van der Waals surface area (Å²) in [5, 5.41) is 8.01. The maximum Gasteiger partial charge on any atom is 0.155 e. The molecule has 1 N–H and O–H groups in total. The van der Waals surface area contributed by atoms with E-state index < -0.39 is 0 Å². The quantitative estimate of drug-likeness (QED) is 0.901. The van der Waals surface area contributed by atoms with Crippen molar-refractivity contribution in [3.63, 3.8) is 0 Å². The van der Waals surface area contributed by atoms with E-state index in [0.29, 0.717) is 11.6 Å². The lowest BCUT2D eigenvalue weighted by atomic mass is 10.2. The van der Waals surface area contributed by atoms with Crippen LogP contribution < -0.4 is 5.32 Å². The van der Waals surface area contributed by atoms with Crippen molar-refractivity contribution in [3.05, 3.63) is 34.5 Å². The fourth-order valence-corrected chi connectivity index (χ4v) is 1.82. The van der Waals surface area contributed by atoms with Gasteiger partial charge in [0.05, 0.1) is 5.02 Å². The van der Waals surface area contributed by atoms with Gasteiger partial charge in [-0.3, -0.25) is 0 Å². The van der Waals surface area contributed by atoms with Crippen molar-refractivity contribution in [2.75, 3.05) is 7.05 Å². The van der Waals surface area contributed by atoms with E-state index in [-0.39, 0.29) is 0 Å². The van der Waals surface area contributed by atoms with Crippen LogP contribution in [0.3, 0.4) is 0 Å². The first-order valence-electron chi connectivity index (χ1n) is 5.31. The Morgan fingerprint density at radius 1 is 1.41 bits per heavy atom. The van der Waals surface area contributed by atoms with Crippen LogP contribution in [-0.4, -0.2) is 26.8 Å². The second kappa shape index (κ2) is 4.81. The molecule has 0 radical (unpaired) electrons. The molecule has 2 aromatic rings. The number of pyridine rings is 1. The van der Waals surface area contributed by atoms with Crippen LogP contribution >= 0.6 is 11.6 Å². The number of aromatic nitrogens is 4. The lowest BCUT2D eigenvalue weighted by Gasteiger charge is -2.07. The first-order chi connectivity index (χ1) is 8.11. The normalized spacial score (nSPS) is 10.8. The number of nitrogens with one attached hydrogen (secondary N) is 1. The molecule has 0 aliphatic rings. The van der Waals surface area contributed by atoms with E-state index in [0.717, 1.165) is 23.0 Å². The second-order valence-corrected chi connectivity index (χ2v) is 4.19. The average molecular weight is 252 g/mol. The Labute approximate surface area is 105 Å². The summed E-state index contributed by atoms with van der Waals surface area (Å²) in [6.45, 7) is 4.45. The number of halogens is 1. The summed E-state index contributed by atoms with van der Waals surface area (Å²) in [7, 11) is 1.88. The van der Waals surface area contributed by atoms with Crippen LogP contribution in [0, 0.1) is 13.8 Å². The molecule has 17 heavy (non-hydrogen) atoms. The third kappa shape index (κ3) is 2.45. The van der Waals surface area contributed by atoms with Gasteiger partial charge in [-0.15, -0.1) is 5.10 Å². The Balaban J connectivity index is 2.46. The largest absolute Gasteiger partial charge is 0.316 e. The zero-order chi connectivity index (χ0) is 12.4. The summed E-state index contributed by atoms with van der Waals surface area (Å²) in [4.78, 5) is 8.52. The highest BCUT2D eigenvalue weighted by molar-refractivity contribution is 6.31. The van der Waals surface area contributed by atoms with Gasteiger partial charge in [0.15, 0.2) is 5.82 Å². The molecule has 0 unspecified atom stereocenters. The van der Waals surface area contributed by atoms with Gasteiger partial charge < -0.3 is 5.32 Å². The molecule has 2 rings (SSSR count). The van der Waals surface area contributed by atoms with E-state index in [1.54, 1.807) is 10.9 Å². The Morgan fingerprint density at radius 3 is 2.76 bits per heavy atom. The van der Waals surface area contributed by atoms with E-state index in [4.69, 9.17) is 11.6 Å². The third-order valence-electron chi connectivity index (χ3n) is 2.38. The molecule has 0 saturated carbocycles. The van der Waals surface area contributed by atoms with E-state index in [2.05, 4.69) is 20.4 Å². The fourth-order valence-electron chi connectivity index (χ4n) is 1.65. The molecule has 0 bridgehead atoms. The molecule has 0 aliphatic heterocycles. The van der Waals surface area contributed by atoms with Crippen LogP contribution in [0.4, 0.5) is 0 Å². The van der Waals surface area contributed by atoms with E-state index in [1.165, 1.54) is 0 Å². The van der Waals surface area contributed by atoms with Crippen molar-refractivity contribution in [3.8, 4) is 5.82 Å². The summed E-state index contributed by atoms with van der Waals surface area (Å²) in [6.07, 6.45) is 1.64. The molecule has 0 saturated heterocycles. The average Bonchev–Trinajstić information content (AvgIpc) is 2.61. The predicted molar refractivity (Wildman–Crippen MR) is 66.4 cm³/mol. The molecule has 0 spiro atoms. The van der Waals surface area contributed by atoms with Gasteiger partial charge in [-0.1, -0.05) is 11.6 Å². The molecular weight excluding hydrogens is 238 g/mol. The highest BCUT2D eigenvalue weighted by Gasteiger charge is 2.08. The summed E-state index contributed by atoms with van der Waals surface area (Å²) in [5.74, 6) is 2.28. The molecular formula is C11H14ClN5. The van der Waals surface area contributed by atoms with Crippen LogP contribution in [0.1, 0.15) is 17.2 Å². The van der Waals surface area contributed by atoms with Gasteiger partial charge in [0.2, 0.25) is 0 Å². The van der Waals surface area contributed by atoms with Crippen molar-refractivity contribution < 1.29 is 0 Å². The van der Waals surface area contributed by atoms with Crippen LogP contribution in [0.2, 0.25) is 5.02 Å². The molecule has 5 nitrogen and oxygen atoms in total. The standard InChI is InChI=1S/C11H14ClN5/c1-7-15-8(2)17(16-7)11-4-9(5-13-3)10(12)6-14-11/h4,6,13H,5H2,1-3H3. The summed E-state index contributed by atoms with van der Waals surface area (Å²) >= 11 is 6.06. The minimum Gasteiger partial charge on any atom is -0.316 e. The van der Waals surface area contributed by atoms with Crippen molar-refractivity contribution in [1.29, 1.82) is 0 Å². The number of aryl methyl sites for hydroxylation is 2. The molecule has 0 fully saturated rings. The zero-order valence-corrected chi connectivity index (χ0v) is 10.8. The first kappa shape index (κ1) is 12.0. The fraction of sp³-hybridized carbons (Fsp3) is 0.364. The Hall–Kier alpha value is -1.46. The Kier molecular flexibility index (Phi) is 3.40. The molecule has 0 amide bonds. The van der Waals surface area contributed by atoms with Crippen molar-refractivity contribution >= 4 is 11.6 Å². The molecule has 2 heterocycles. The summed E-state index contributed by atoms with van der Waals surface area (Å²) < 4.78 is 1.71. The molecule has 0 aliphatic carbocycles. The lowest BCUT2D eigenvalue weighted by molar-refractivity contribution is 0.784. The summed E-state index contributed by atoms with van der Waals surface area (Å²) in [5.41, 5.74) is 0.992. The molecule has 0 atom stereocenters. The van der Waals surface area contributed by atoms with Gasteiger partial charge in [0.1, 0.15) is 11.6 Å². The van der Waals surface area contributed by atoms with Gasteiger partial charge in [-0.25, -0.2) is 9.97 Å². The molecule has 90 valence electrons. The van der Waals surface area contributed by atoms with Gasteiger partial charge >= 0.3 is 0 Å². The molecule has 6 heteroatoms. The zero-order valence-electron chi connectivity index (χ0n) is 10.0. The SMILES string of the molecule is CNCc1cc(-n2nc(C)nc2C)ncc1Cl. The predicted octanol–water partition coefficient (Wildman–Crippen LogP) is 1.65. The minimum atomic E-state index is 0.651. The highest BCUT2D eigenvalue weighted by atomic mass is 35.5. The van der Waals surface area contributed by atoms with Crippen LogP contribution in [0.15, 0.2) is 12.3 Å². The molecule has 2 aromatic heterocycles. The third-order valence-corrected chi connectivity index (χ3v) is 2.72. The maximum atomic E-state index is 6.06. The van der Waals surface area contributed by atoms with E-state index in [9.17, 15) is 0 Å². The second-order valence-electron chi connectivity index (χ2n) is 3.78. The van der Waals surface area contributed by atoms with Crippen LogP contribution in [-0.2, 0) is 6.54 Å². The first-order valence-corrected chi connectivity index (χ1v) is 5.69. The maximum absolute atomic E-state index is 6.06. The smallest absolute Gasteiger partial charge is 0.155 e.